The van der Waals surface area contributed by atoms with Crippen molar-refractivity contribution in [3.8, 4) is 11.5 Å². The third-order valence-corrected chi connectivity index (χ3v) is 5.24. The Morgan fingerprint density at radius 3 is 2.09 bits per heavy atom. The number of rotatable bonds is 8. The molecule has 1 N–H and O–H groups in total. The fourth-order valence-electron chi connectivity index (χ4n) is 2.22. The largest absolute Gasteiger partial charge is 0.493 e. The van der Waals surface area contributed by atoms with Crippen LogP contribution in [0.3, 0.4) is 0 Å². The molecule has 0 amide bonds. The van der Waals surface area contributed by atoms with Crippen LogP contribution in [0.4, 0.5) is 0 Å². The van der Waals surface area contributed by atoms with E-state index >= 15 is 0 Å². The number of hydrogen-bond acceptors (Lipinski definition) is 4. The molecule has 0 heterocycles. The summed E-state index contributed by atoms with van der Waals surface area (Å²) in [7, 11) is -0.567. The van der Waals surface area contributed by atoms with Crippen molar-refractivity contribution in [2.45, 2.75) is 51.5 Å². The normalized spacial score (nSPS) is 13.2. The first-order valence-corrected chi connectivity index (χ1v) is 8.94. The van der Waals surface area contributed by atoms with Crippen LogP contribution in [0.2, 0.25) is 0 Å². The molecule has 0 aromatic heterocycles. The molecule has 0 spiro atoms. The van der Waals surface area contributed by atoms with Crippen LogP contribution in [0.15, 0.2) is 17.0 Å². The first-order valence-electron chi connectivity index (χ1n) is 7.46. The van der Waals surface area contributed by atoms with Gasteiger partial charge in [0.15, 0.2) is 11.5 Å². The monoisotopic (exact) mass is 329 g/mol. The van der Waals surface area contributed by atoms with Crippen molar-refractivity contribution < 1.29 is 17.9 Å². The second-order valence-electron chi connectivity index (χ2n) is 5.97. The van der Waals surface area contributed by atoms with E-state index < -0.39 is 10.0 Å². The predicted octanol–water partition coefficient (Wildman–Crippen LogP) is 3.12. The van der Waals surface area contributed by atoms with Gasteiger partial charge in [-0.1, -0.05) is 13.8 Å². The average Bonchev–Trinajstić information content (AvgIpc) is 2.43. The summed E-state index contributed by atoms with van der Waals surface area (Å²) in [6.07, 6.45) is 1.79. The Morgan fingerprint density at radius 1 is 1.05 bits per heavy atom. The van der Waals surface area contributed by atoms with Gasteiger partial charge >= 0.3 is 0 Å². The summed E-state index contributed by atoms with van der Waals surface area (Å²) in [6, 6.07) is 3.07. The first-order chi connectivity index (χ1) is 10.2. The highest BCUT2D eigenvalue weighted by atomic mass is 32.2. The summed E-state index contributed by atoms with van der Waals surface area (Å²) in [5, 5.41) is 0. The Hall–Kier alpha value is -1.27. The minimum absolute atomic E-state index is 0.111. The molecule has 5 nitrogen and oxygen atoms in total. The number of nitrogens with one attached hydrogen (secondary N) is 1. The zero-order valence-corrected chi connectivity index (χ0v) is 15.1. The van der Waals surface area contributed by atoms with Gasteiger partial charge in [-0.05, 0) is 44.2 Å². The third kappa shape index (κ3) is 4.88. The second kappa shape index (κ2) is 7.83. The number of aryl methyl sites for hydroxylation is 1. The molecule has 1 aromatic rings. The van der Waals surface area contributed by atoms with Gasteiger partial charge < -0.3 is 9.47 Å². The van der Waals surface area contributed by atoms with Crippen LogP contribution < -0.4 is 14.2 Å². The maximum Gasteiger partial charge on any atom is 0.241 e. The smallest absolute Gasteiger partial charge is 0.241 e. The topological polar surface area (TPSA) is 64.6 Å². The number of benzene rings is 1. The van der Waals surface area contributed by atoms with Crippen LogP contribution in [0.1, 0.15) is 39.2 Å². The summed E-state index contributed by atoms with van der Waals surface area (Å²) in [4.78, 5) is 0.224. The highest BCUT2D eigenvalue weighted by molar-refractivity contribution is 7.89. The van der Waals surface area contributed by atoms with Crippen LogP contribution in [0.5, 0.6) is 11.5 Å². The highest BCUT2D eigenvalue weighted by Gasteiger charge is 2.22. The summed E-state index contributed by atoms with van der Waals surface area (Å²) >= 11 is 0. The zero-order chi connectivity index (χ0) is 16.9. The van der Waals surface area contributed by atoms with Crippen molar-refractivity contribution in [3.63, 3.8) is 0 Å². The molecule has 0 aliphatic carbocycles. The summed E-state index contributed by atoms with van der Waals surface area (Å²) in [6.45, 7) is 7.88. The number of sulfonamides is 1. The quantitative estimate of drug-likeness (QED) is 0.796. The van der Waals surface area contributed by atoms with Gasteiger partial charge in [0.25, 0.3) is 0 Å². The number of methoxy groups -OCH3 is 2. The molecule has 0 saturated carbocycles. The molecule has 0 unspecified atom stereocenters. The van der Waals surface area contributed by atoms with Crippen molar-refractivity contribution in [1.29, 1.82) is 0 Å². The molecule has 1 atom stereocenters. The average molecular weight is 329 g/mol. The Balaban J connectivity index is 3.02. The van der Waals surface area contributed by atoms with E-state index in [2.05, 4.69) is 18.6 Å². The molecule has 0 bridgehead atoms. The predicted molar refractivity (Wildman–Crippen MR) is 88.1 cm³/mol. The molecule has 0 saturated heterocycles. The second-order valence-corrected chi connectivity index (χ2v) is 7.65. The van der Waals surface area contributed by atoms with Gasteiger partial charge in [-0.2, -0.15) is 0 Å². The lowest BCUT2D eigenvalue weighted by molar-refractivity contribution is 0.353. The van der Waals surface area contributed by atoms with Gasteiger partial charge in [-0.25, -0.2) is 13.1 Å². The molecule has 0 fully saturated rings. The first kappa shape index (κ1) is 18.8. The lowest BCUT2D eigenvalue weighted by atomic mass is 10.1. The van der Waals surface area contributed by atoms with Crippen molar-refractivity contribution in [2.75, 3.05) is 14.2 Å². The molecular formula is C16H27NO4S. The molecule has 0 radical (unpaired) electrons. The minimum Gasteiger partial charge on any atom is -0.493 e. The molecule has 126 valence electrons. The van der Waals surface area contributed by atoms with Crippen LogP contribution >= 0.6 is 0 Å². The summed E-state index contributed by atoms with van der Waals surface area (Å²) in [5.41, 5.74) is 0.626. The Bertz CT molecular complexity index is 596. The van der Waals surface area contributed by atoms with Gasteiger partial charge in [0.1, 0.15) is 0 Å². The SMILES string of the molecule is COc1cc(C)c(S(=O)(=O)N[C@H](C)CCC(C)C)cc1OC. The zero-order valence-electron chi connectivity index (χ0n) is 14.3. The van der Waals surface area contributed by atoms with Crippen molar-refractivity contribution >= 4 is 10.0 Å². The van der Waals surface area contributed by atoms with E-state index in [1.807, 2.05) is 6.92 Å². The highest BCUT2D eigenvalue weighted by Crippen LogP contribution is 2.32. The van der Waals surface area contributed by atoms with Crippen LogP contribution in [0, 0.1) is 12.8 Å². The Kier molecular flexibility index (Phi) is 6.68. The number of hydrogen-bond donors (Lipinski definition) is 1. The van der Waals surface area contributed by atoms with Crippen LogP contribution in [-0.4, -0.2) is 28.7 Å². The molecular weight excluding hydrogens is 302 g/mol. The van der Waals surface area contributed by atoms with E-state index in [-0.39, 0.29) is 10.9 Å². The van der Waals surface area contributed by atoms with E-state index in [4.69, 9.17) is 9.47 Å². The molecule has 1 aromatic carbocycles. The summed E-state index contributed by atoms with van der Waals surface area (Å²) in [5.74, 6) is 1.48. The van der Waals surface area contributed by atoms with Crippen molar-refractivity contribution in [3.05, 3.63) is 17.7 Å². The summed E-state index contributed by atoms with van der Waals surface area (Å²) < 4.78 is 38.3. The van der Waals surface area contributed by atoms with Crippen molar-refractivity contribution in [2.24, 2.45) is 5.92 Å². The van der Waals surface area contributed by atoms with Gasteiger partial charge in [0.05, 0.1) is 19.1 Å². The van der Waals surface area contributed by atoms with Crippen LogP contribution in [-0.2, 0) is 10.0 Å². The molecule has 0 aliphatic heterocycles. The number of ether oxygens (including phenoxy) is 2. The van der Waals surface area contributed by atoms with E-state index in [1.54, 1.807) is 13.0 Å². The van der Waals surface area contributed by atoms with Gasteiger partial charge in [-0.3, -0.25) is 0 Å². The van der Waals surface area contributed by atoms with Crippen molar-refractivity contribution in [1.82, 2.24) is 4.72 Å². The Morgan fingerprint density at radius 2 is 1.59 bits per heavy atom. The Labute approximate surface area is 134 Å². The fourth-order valence-corrected chi connectivity index (χ4v) is 3.74. The maximum absolute atomic E-state index is 12.6. The van der Waals surface area contributed by atoms with Crippen LogP contribution in [0.25, 0.3) is 0 Å². The van der Waals surface area contributed by atoms with E-state index in [0.29, 0.717) is 23.0 Å². The fraction of sp³-hybridized carbons (Fsp3) is 0.625. The molecule has 1 rings (SSSR count). The van der Waals surface area contributed by atoms with E-state index in [1.165, 1.54) is 20.3 Å². The molecule has 6 heteroatoms. The molecule has 0 aliphatic rings. The lowest BCUT2D eigenvalue weighted by Gasteiger charge is -2.18. The van der Waals surface area contributed by atoms with Gasteiger partial charge in [0, 0.05) is 12.1 Å². The maximum atomic E-state index is 12.6. The van der Waals surface area contributed by atoms with Gasteiger partial charge in [0.2, 0.25) is 10.0 Å². The van der Waals surface area contributed by atoms with E-state index in [0.717, 1.165) is 12.8 Å². The lowest BCUT2D eigenvalue weighted by Crippen LogP contribution is -2.33. The standard InChI is InChI=1S/C16H27NO4S/c1-11(2)7-8-13(4)17-22(18,19)16-10-15(21-6)14(20-5)9-12(16)3/h9-11,13,17H,7-8H2,1-6H3/t13-/m1/s1. The van der Waals surface area contributed by atoms with Gasteiger partial charge in [-0.15, -0.1) is 0 Å². The molecule has 22 heavy (non-hydrogen) atoms. The third-order valence-electron chi connectivity index (χ3n) is 3.50. The minimum atomic E-state index is -3.58. The van der Waals surface area contributed by atoms with E-state index in [9.17, 15) is 8.42 Å².